The molecule has 1 aromatic rings. The Labute approximate surface area is 118 Å². The molecule has 1 amide bonds. The number of aliphatic carboxylic acids is 1. The van der Waals surface area contributed by atoms with Gasteiger partial charge in [-0.15, -0.1) is 0 Å². The van der Waals surface area contributed by atoms with Gasteiger partial charge in [0.1, 0.15) is 0 Å². The molecular weight excluding hydrogens is 256 g/mol. The van der Waals surface area contributed by atoms with Gasteiger partial charge in [-0.05, 0) is 37.8 Å². The second-order valence-electron chi connectivity index (χ2n) is 5.48. The van der Waals surface area contributed by atoms with Crippen molar-refractivity contribution in [1.29, 1.82) is 0 Å². The number of amides is 1. The summed E-state index contributed by atoms with van der Waals surface area (Å²) in [5, 5.41) is 9.35. The topological polar surface area (TPSA) is 70.5 Å². The van der Waals surface area contributed by atoms with E-state index >= 15 is 0 Å². The van der Waals surface area contributed by atoms with Gasteiger partial charge < -0.3 is 10.0 Å². The van der Waals surface area contributed by atoms with Crippen molar-refractivity contribution in [3.8, 4) is 0 Å². The predicted octanol–water partition coefficient (Wildman–Crippen LogP) is 2.11. The van der Waals surface area contributed by atoms with E-state index < -0.39 is 11.4 Å². The Bertz CT molecular complexity index is 520. The van der Waals surface area contributed by atoms with Crippen LogP contribution in [-0.4, -0.2) is 40.0 Å². The average Bonchev–Trinajstić information content (AvgIpc) is 2.46. The Hall–Kier alpha value is -1.91. The minimum Gasteiger partial charge on any atom is -0.481 e. The van der Waals surface area contributed by atoms with Crippen LogP contribution in [0.15, 0.2) is 18.5 Å². The Morgan fingerprint density at radius 2 is 2.00 bits per heavy atom. The first kappa shape index (κ1) is 14.5. The van der Waals surface area contributed by atoms with Gasteiger partial charge in [-0.1, -0.05) is 6.92 Å². The molecule has 1 N–H and O–H groups in total. The molecule has 0 atom stereocenters. The first-order valence-electron chi connectivity index (χ1n) is 6.93. The van der Waals surface area contributed by atoms with E-state index in [-0.39, 0.29) is 5.91 Å². The van der Waals surface area contributed by atoms with Crippen molar-refractivity contribution in [2.75, 3.05) is 13.1 Å². The molecule has 0 bridgehead atoms. The molecule has 1 aromatic heterocycles. The number of carboxylic acid groups (broad SMARTS) is 1. The molecule has 5 nitrogen and oxygen atoms in total. The number of aryl methyl sites for hydroxylation is 1. The van der Waals surface area contributed by atoms with Gasteiger partial charge in [-0.3, -0.25) is 14.6 Å². The second-order valence-corrected chi connectivity index (χ2v) is 5.48. The summed E-state index contributed by atoms with van der Waals surface area (Å²) in [4.78, 5) is 29.5. The van der Waals surface area contributed by atoms with E-state index in [2.05, 4.69) is 4.98 Å². The van der Waals surface area contributed by atoms with Crippen LogP contribution >= 0.6 is 0 Å². The highest BCUT2D eigenvalue weighted by Gasteiger charge is 2.40. The maximum atomic E-state index is 12.4. The van der Waals surface area contributed by atoms with Crippen molar-refractivity contribution in [3.63, 3.8) is 0 Å². The van der Waals surface area contributed by atoms with Crippen LogP contribution in [0.5, 0.6) is 0 Å². The van der Waals surface area contributed by atoms with E-state index in [1.165, 1.54) is 0 Å². The van der Waals surface area contributed by atoms with Crippen LogP contribution in [0.3, 0.4) is 0 Å². The summed E-state index contributed by atoms with van der Waals surface area (Å²) in [6.45, 7) is 4.78. The number of rotatable bonds is 3. The van der Waals surface area contributed by atoms with Crippen molar-refractivity contribution in [2.45, 2.75) is 33.1 Å². The number of pyridine rings is 1. The van der Waals surface area contributed by atoms with E-state index in [0.29, 0.717) is 37.9 Å². The zero-order valence-electron chi connectivity index (χ0n) is 11.9. The van der Waals surface area contributed by atoms with Gasteiger partial charge in [-0.25, -0.2) is 0 Å². The van der Waals surface area contributed by atoms with Crippen LogP contribution in [0.4, 0.5) is 0 Å². The van der Waals surface area contributed by atoms with Crippen LogP contribution < -0.4 is 0 Å². The minimum absolute atomic E-state index is 0.0590. The van der Waals surface area contributed by atoms with Gasteiger partial charge in [0.25, 0.3) is 5.91 Å². The summed E-state index contributed by atoms with van der Waals surface area (Å²) in [7, 11) is 0. The van der Waals surface area contributed by atoms with Gasteiger partial charge in [-0.2, -0.15) is 0 Å². The Morgan fingerprint density at radius 1 is 1.35 bits per heavy atom. The molecule has 1 aliphatic rings. The number of aromatic nitrogens is 1. The third kappa shape index (κ3) is 2.66. The third-order valence-electron chi connectivity index (χ3n) is 4.26. The second kappa shape index (κ2) is 5.61. The predicted molar refractivity (Wildman–Crippen MR) is 74.5 cm³/mol. The Morgan fingerprint density at radius 3 is 2.50 bits per heavy atom. The standard InChI is InChI=1S/C15H20N2O3/c1-3-15(14(19)20)4-6-17(7-5-15)13(18)12-8-11(2)9-16-10-12/h8-10H,3-7H2,1-2H3,(H,19,20). The SMILES string of the molecule is CCC1(C(=O)O)CCN(C(=O)c2cncc(C)c2)CC1. The molecule has 5 heteroatoms. The number of nitrogens with zero attached hydrogens (tertiary/aromatic N) is 2. The largest absolute Gasteiger partial charge is 0.481 e. The maximum absolute atomic E-state index is 12.4. The van der Waals surface area contributed by atoms with Crippen LogP contribution in [0, 0.1) is 12.3 Å². The highest BCUT2D eigenvalue weighted by Crippen LogP contribution is 2.35. The van der Waals surface area contributed by atoms with Crippen molar-refractivity contribution in [2.24, 2.45) is 5.41 Å². The Kier molecular flexibility index (Phi) is 4.06. The summed E-state index contributed by atoms with van der Waals surface area (Å²) >= 11 is 0. The molecule has 20 heavy (non-hydrogen) atoms. The van der Waals surface area contributed by atoms with E-state index in [1.807, 2.05) is 19.9 Å². The highest BCUT2D eigenvalue weighted by atomic mass is 16.4. The first-order valence-corrected chi connectivity index (χ1v) is 6.93. The zero-order valence-corrected chi connectivity index (χ0v) is 11.9. The van der Waals surface area contributed by atoms with Gasteiger partial charge in [0, 0.05) is 25.5 Å². The zero-order chi connectivity index (χ0) is 14.8. The first-order chi connectivity index (χ1) is 9.48. The lowest BCUT2D eigenvalue weighted by Crippen LogP contribution is -2.46. The molecular formula is C15H20N2O3. The molecule has 0 aliphatic carbocycles. The molecule has 1 fully saturated rings. The van der Waals surface area contributed by atoms with Crippen molar-refractivity contribution in [3.05, 3.63) is 29.6 Å². The molecule has 1 saturated heterocycles. The summed E-state index contributed by atoms with van der Waals surface area (Å²) in [5.41, 5.74) is 0.854. The van der Waals surface area contributed by atoms with Gasteiger partial charge in [0.2, 0.25) is 0 Å². The summed E-state index contributed by atoms with van der Waals surface area (Å²) in [6.07, 6.45) is 4.91. The van der Waals surface area contributed by atoms with E-state index in [0.717, 1.165) is 5.56 Å². The maximum Gasteiger partial charge on any atom is 0.309 e. The molecule has 0 unspecified atom stereocenters. The molecule has 2 heterocycles. The van der Waals surface area contributed by atoms with Gasteiger partial charge in [0.05, 0.1) is 11.0 Å². The van der Waals surface area contributed by atoms with Crippen LogP contribution in [0.2, 0.25) is 0 Å². The highest BCUT2D eigenvalue weighted by molar-refractivity contribution is 5.94. The molecule has 2 rings (SSSR count). The van der Waals surface area contributed by atoms with E-state index in [9.17, 15) is 14.7 Å². The fourth-order valence-electron chi connectivity index (χ4n) is 2.71. The van der Waals surface area contributed by atoms with Gasteiger partial charge in [0.15, 0.2) is 0 Å². The fourth-order valence-corrected chi connectivity index (χ4v) is 2.71. The molecule has 0 aromatic carbocycles. The normalized spacial score (nSPS) is 17.8. The number of carbonyl (C=O) groups excluding carboxylic acids is 1. The van der Waals surface area contributed by atoms with E-state index in [1.54, 1.807) is 17.3 Å². The number of carboxylic acids is 1. The molecule has 0 radical (unpaired) electrons. The molecule has 0 spiro atoms. The number of carbonyl (C=O) groups is 2. The quantitative estimate of drug-likeness (QED) is 0.918. The van der Waals surface area contributed by atoms with Crippen LogP contribution in [0.25, 0.3) is 0 Å². The third-order valence-corrected chi connectivity index (χ3v) is 4.26. The van der Waals surface area contributed by atoms with Crippen LogP contribution in [-0.2, 0) is 4.79 Å². The van der Waals surface area contributed by atoms with Crippen LogP contribution in [0.1, 0.15) is 42.1 Å². The van der Waals surface area contributed by atoms with E-state index in [4.69, 9.17) is 0 Å². The Balaban J connectivity index is 2.07. The summed E-state index contributed by atoms with van der Waals surface area (Å²) < 4.78 is 0. The summed E-state index contributed by atoms with van der Waals surface area (Å²) in [5.74, 6) is -0.805. The fraction of sp³-hybridized carbons (Fsp3) is 0.533. The number of likely N-dealkylation sites (tertiary alicyclic amines) is 1. The average molecular weight is 276 g/mol. The van der Waals surface area contributed by atoms with Crippen molar-refractivity contribution < 1.29 is 14.7 Å². The lowest BCUT2D eigenvalue weighted by molar-refractivity contribution is -0.152. The smallest absolute Gasteiger partial charge is 0.309 e. The van der Waals surface area contributed by atoms with Crippen molar-refractivity contribution >= 4 is 11.9 Å². The summed E-state index contributed by atoms with van der Waals surface area (Å²) in [6, 6.07) is 1.81. The lowest BCUT2D eigenvalue weighted by Gasteiger charge is -2.38. The number of hydrogen-bond acceptors (Lipinski definition) is 3. The molecule has 0 saturated carbocycles. The number of hydrogen-bond donors (Lipinski definition) is 1. The minimum atomic E-state index is -0.746. The lowest BCUT2D eigenvalue weighted by atomic mass is 9.76. The number of piperidine rings is 1. The molecule has 1 aliphatic heterocycles. The molecule has 108 valence electrons. The monoisotopic (exact) mass is 276 g/mol. The van der Waals surface area contributed by atoms with Gasteiger partial charge >= 0.3 is 5.97 Å². The van der Waals surface area contributed by atoms with Crippen molar-refractivity contribution in [1.82, 2.24) is 9.88 Å².